The highest BCUT2D eigenvalue weighted by Crippen LogP contribution is 2.48. The maximum absolute atomic E-state index is 14.4. The molecule has 0 aliphatic heterocycles. The predicted octanol–water partition coefficient (Wildman–Crippen LogP) is 12.3. The van der Waals surface area contributed by atoms with Crippen molar-refractivity contribution < 1.29 is 14.6 Å². The van der Waals surface area contributed by atoms with Crippen LogP contribution in [0.5, 0.6) is 17.2 Å². The molecule has 6 heteroatoms. The van der Waals surface area contributed by atoms with Gasteiger partial charge in [0.2, 0.25) is 0 Å². The summed E-state index contributed by atoms with van der Waals surface area (Å²) in [5, 5.41) is 17.2. The Labute approximate surface area is 305 Å². The van der Waals surface area contributed by atoms with E-state index in [1.165, 1.54) is 5.56 Å². The quantitative estimate of drug-likeness (QED) is 0.181. The molecule has 1 heterocycles. The van der Waals surface area contributed by atoms with Gasteiger partial charge < -0.3 is 15.2 Å². The van der Waals surface area contributed by atoms with Gasteiger partial charge in [0, 0.05) is 28.3 Å². The van der Waals surface area contributed by atoms with Crippen LogP contribution in [0.3, 0.4) is 0 Å². The van der Waals surface area contributed by atoms with Crippen molar-refractivity contribution in [2.45, 2.75) is 53.9 Å². The van der Waals surface area contributed by atoms with Gasteiger partial charge in [-0.15, -0.1) is 0 Å². The first-order valence-corrected chi connectivity index (χ1v) is 17.8. The van der Waals surface area contributed by atoms with Crippen molar-refractivity contribution in [3.05, 3.63) is 138 Å². The summed E-state index contributed by atoms with van der Waals surface area (Å²) < 4.78 is 6.71. The van der Waals surface area contributed by atoms with Gasteiger partial charge in [0.1, 0.15) is 17.0 Å². The topological polar surface area (TPSA) is 84.3 Å². The number of phenols is 1. The summed E-state index contributed by atoms with van der Waals surface area (Å²) in [5.74, 6) is 1.38. The fraction of sp³-hybridized carbons (Fsp3) is 0.196. The average Bonchev–Trinajstić information content (AvgIpc) is 3.15. The normalized spacial score (nSPS) is 12.2. The molecule has 0 saturated heterocycles. The zero-order chi connectivity index (χ0) is 36.8. The van der Waals surface area contributed by atoms with Crippen LogP contribution >= 0.6 is 0 Å². The highest BCUT2D eigenvalue weighted by Gasteiger charge is 2.35. The van der Waals surface area contributed by atoms with Gasteiger partial charge in [0.15, 0.2) is 17.4 Å². The van der Waals surface area contributed by atoms with Crippen LogP contribution in [-0.2, 0) is 5.41 Å². The number of carbonyl (C=O) groups excluding carboxylic acids is 1. The van der Waals surface area contributed by atoms with Crippen LogP contribution in [0.15, 0.2) is 121 Å². The van der Waals surface area contributed by atoms with Crippen LogP contribution in [0.2, 0.25) is 0 Å². The zero-order valence-corrected chi connectivity index (χ0v) is 30.7. The SMILES string of the molecule is CC.CC(C)(C)C(C)(C)c1ccc(Oc2cc(Nc3ccccc3)c3c4c(nc(-c5cc6ccccc6cc5O)nc24)-c2ccccc2C3=O)cc1. The largest absolute Gasteiger partial charge is 0.507 e. The lowest BCUT2D eigenvalue weighted by molar-refractivity contribution is 0.104. The van der Waals surface area contributed by atoms with Gasteiger partial charge >= 0.3 is 0 Å². The van der Waals surface area contributed by atoms with Crippen molar-refractivity contribution in [1.29, 1.82) is 0 Å². The van der Waals surface area contributed by atoms with Crippen LogP contribution in [0.25, 0.3) is 44.3 Å². The van der Waals surface area contributed by atoms with E-state index in [4.69, 9.17) is 14.7 Å². The number of ether oxygens (including phenoxy) is 1. The number of hydrogen-bond donors (Lipinski definition) is 2. The average molecular weight is 686 g/mol. The predicted molar refractivity (Wildman–Crippen MR) is 213 cm³/mol. The number of fused-ring (bicyclic) bond motifs is 3. The van der Waals surface area contributed by atoms with Gasteiger partial charge in [-0.2, -0.15) is 0 Å². The van der Waals surface area contributed by atoms with Gasteiger partial charge in [-0.25, -0.2) is 9.97 Å². The molecule has 0 saturated carbocycles. The third-order valence-electron chi connectivity index (χ3n) is 10.4. The van der Waals surface area contributed by atoms with Gasteiger partial charge in [-0.3, -0.25) is 4.79 Å². The van der Waals surface area contributed by atoms with Crippen LogP contribution in [0, 0.1) is 5.41 Å². The third-order valence-corrected chi connectivity index (χ3v) is 10.4. The molecule has 6 nitrogen and oxygen atoms in total. The number of rotatable bonds is 6. The Morgan fingerprint density at radius 3 is 1.96 bits per heavy atom. The van der Waals surface area contributed by atoms with Crippen LogP contribution in [0.4, 0.5) is 11.4 Å². The Morgan fingerprint density at radius 1 is 0.673 bits per heavy atom. The van der Waals surface area contributed by atoms with E-state index in [1.54, 1.807) is 6.07 Å². The van der Waals surface area contributed by atoms with Gasteiger partial charge in [0.25, 0.3) is 0 Å². The van der Waals surface area contributed by atoms with E-state index in [-0.39, 0.29) is 22.4 Å². The fourth-order valence-electron chi connectivity index (χ4n) is 6.62. The second kappa shape index (κ2) is 13.3. The molecule has 0 amide bonds. The number of ketones is 1. The Balaban J connectivity index is 0.00000207. The summed E-state index contributed by atoms with van der Waals surface area (Å²) in [5.41, 5.74) is 5.91. The molecule has 1 aliphatic rings. The first kappa shape index (κ1) is 34.4. The number of carbonyl (C=O) groups is 1. The summed E-state index contributed by atoms with van der Waals surface area (Å²) in [6.07, 6.45) is 0. The number of aromatic nitrogens is 2. The molecule has 0 fully saturated rings. The maximum atomic E-state index is 14.4. The number of benzene rings is 6. The van der Waals surface area contributed by atoms with Crippen molar-refractivity contribution in [3.63, 3.8) is 0 Å². The van der Waals surface area contributed by atoms with Gasteiger partial charge in [0.05, 0.1) is 22.5 Å². The third kappa shape index (κ3) is 5.94. The highest BCUT2D eigenvalue weighted by atomic mass is 16.5. The lowest BCUT2D eigenvalue weighted by Gasteiger charge is -2.39. The second-order valence-electron chi connectivity index (χ2n) is 14.5. The van der Waals surface area contributed by atoms with Crippen LogP contribution < -0.4 is 10.1 Å². The number of hydrogen-bond acceptors (Lipinski definition) is 6. The van der Waals surface area contributed by atoms with E-state index < -0.39 is 0 Å². The summed E-state index contributed by atoms with van der Waals surface area (Å²) in [6.45, 7) is 15.3. The number of para-hydroxylation sites is 1. The Kier molecular flexibility index (Phi) is 8.79. The summed E-state index contributed by atoms with van der Waals surface area (Å²) in [4.78, 5) is 24.5. The molecular weight excluding hydrogens is 643 g/mol. The smallest absolute Gasteiger partial charge is 0.196 e. The lowest BCUT2D eigenvalue weighted by atomic mass is 9.65. The summed E-state index contributed by atoms with van der Waals surface area (Å²) in [7, 11) is 0. The van der Waals surface area contributed by atoms with E-state index in [0.717, 1.165) is 16.5 Å². The number of anilines is 2. The van der Waals surface area contributed by atoms with E-state index in [2.05, 4.69) is 52.1 Å². The fourth-order valence-corrected chi connectivity index (χ4v) is 6.62. The minimum absolute atomic E-state index is 0.0497. The maximum Gasteiger partial charge on any atom is 0.196 e. The number of nitrogens with zero attached hydrogens (tertiary/aromatic N) is 2. The Hall–Kier alpha value is -6.01. The molecule has 52 heavy (non-hydrogen) atoms. The highest BCUT2D eigenvalue weighted by molar-refractivity contribution is 6.28. The Bertz CT molecular complexity index is 2460. The van der Waals surface area contributed by atoms with E-state index in [0.29, 0.717) is 61.9 Å². The summed E-state index contributed by atoms with van der Waals surface area (Å²) in [6, 6.07) is 38.8. The van der Waals surface area contributed by atoms with Crippen molar-refractivity contribution in [3.8, 4) is 39.9 Å². The molecule has 0 spiro atoms. The molecule has 1 aromatic heterocycles. The molecular formula is C46H43N3O3. The molecule has 260 valence electrons. The molecule has 2 N–H and O–H groups in total. The van der Waals surface area contributed by atoms with Crippen LogP contribution in [0.1, 0.15) is 70.0 Å². The summed E-state index contributed by atoms with van der Waals surface area (Å²) >= 11 is 0. The number of nitrogens with one attached hydrogen (secondary N) is 1. The molecule has 8 rings (SSSR count). The van der Waals surface area contributed by atoms with E-state index >= 15 is 0 Å². The lowest BCUT2D eigenvalue weighted by Crippen LogP contribution is -2.33. The number of phenolic OH excluding ortho intramolecular Hbond substituents is 1. The van der Waals surface area contributed by atoms with Crippen molar-refractivity contribution >= 4 is 38.8 Å². The minimum atomic E-state index is -0.123. The zero-order valence-electron chi connectivity index (χ0n) is 30.7. The molecule has 7 aromatic rings. The van der Waals surface area contributed by atoms with Crippen molar-refractivity contribution in [2.75, 3.05) is 5.32 Å². The number of aromatic hydroxyl groups is 1. The first-order valence-electron chi connectivity index (χ1n) is 17.8. The molecule has 0 unspecified atom stereocenters. The van der Waals surface area contributed by atoms with Crippen molar-refractivity contribution in [2.24, 2.45) is 5.41 Å². The molecule has 0 bridgehead atoms. The Morgan fingerprint density at radius 2 is 1.29 bits per heavy atom. The van der Waals surface area contributed by atoms with E-state index in [1.807, 2.05) is 117 Å². The molecule has 0 atom stereocenters. The second-order valence-corrected chi connectivity index (χ2v) is 14.5. The molecule has 6 aromatic carbocycles. The standard InChI is InChI=1S/C44H37N3O3.C2H6/c1-43(2,3)44(4,5)28-19-21-30(22-20-28)50-36-25-34(45-29-15-7-6-8-16-29)37-38-39(31-17-11-12-18-32(31)41(37)49)46-42(47-40(36)38)33-23-26-13-9-10-14-27(26)24-35(33)48;1-2/h6-25,45,48H,1-5H3;1-2H3. The molecule has 1 aliphatic carbocycles. The first-order chi connectivity index (χ1) is 25.0. The van der Waals surface area contributed by atoms with Crippen molar-refractivity contribution in [1.82, 2.24) is 9.97 Å². The van der Waals surface area contributed by atoms with Gasteiger partial charge in [-0.1, -0.05) is 127 Å². The minimum Gasteiger partial charge on any atom is -0.507 e. The van der Waals surface area contributed by atoms with Gasteiger partial charge in [-0.05, 0) is 63.6 Å². The molecule has 0 radical (unpaired) electrons. The van der Waals surface area contributed by atoms with E-state index in [9.17, 15) is 9.90 Å². The van der Waals surface area contributed by atoms with Crippen LogP contribution in [-0.4, -0.2) is 20.9 Å². The monoisotopic (exact) mass is 685 g/mol.